The van der Waals surface area contributed by atoms with Crippen LogP contribution >= 0.6 is 23.1 Å². The number of benzene rings is 4. The van der Waals surface area contributed by atoms with E-state index in [1.807, 2.05) is 59.5 Å². The zero-order valence-electron chi connectivity index (χ0n) is 44.0. The number of carbonyl (C=O) groups is 4. The molecule has 3 amide bonds. The van der Waals surface area contributed by atoms with Crippen LogP contribution in [0.4, 0.5) is 4.39 Å². The van der Waals surface area contributed by atoms with E-state index in [-0.39, 0.29) is 65.4 Å². The molecule has 1 saturated carbocycles. The molecule has 2 aliphatic rings. The number of phenols is 1. The first-order valence-electron chi connectivity index (χ1n) is 26.4. The lowest BCUT2D eigenvalue weighted by molar-refractivity contribution is -0.139. The predicted octanol–water partition coefficient (Wildman–Crippen LogP) is 9.22. The first-order chi connectivity index (χ1) is 36.9. The van der Waals surface area contributed by atoms with Crippen molar-refractivity contribution in [3.8, 4) is 11.5 Å². The third-order valence-electron chi connectivity index (χ3n) is 14.0. The van der Waals surface area contributed by atoms with E-state index in [9.17, 15) is 28.7 Å². The Balaban J connectivity index is 0.811. The van der Waals surface area contributed by atoms with Gasteiger partial charge in [0.2, 0.25) is 23.5 Å². The molecule has 4 atom stereocenters. The van der Waals surface area contributed by atoms with Gasteiger partial charge in [0, 0.05) is 35.5 Å². The molecule has 0 bridgehead atoms. The topological polar surface area (TPSA) is 169 Å². The van der Waals surface area contributed by atoms with Gasteiger partial charge in [-0.3, -0.25) is 19.2 Å². The normalized spacial score (nSPS) is 16.9. The number of ether oxygens (including phenoxy) is 4. The first kappa shape index (κ1) is 57.7. The quantitative estimate of drug-likeness (QED) is 0.0247. The van der Waals surface area contributed by atoms with E-state index < -0.39 is 17.9 Å². The Kier molecular flexibility index (Phi) is 22.4. The highest BCUT2D eigenvalue weighted by Gasteiger charge is 2.43. The Morgan fingerprint density at radius 1 is 0.829 bits per heavy atom. The fraction of sp³-hybridized carbons (Fsp3) is 0.441. The van der Waals surface area contributed by atoms with Gasteiger partial charge >= 0.3 is 0 Å². The summed E-state index contributed by atoms with van der Waals surface area (Å²) in [5.41, 5.74) is 6.04. The lowest BCUT2D eigenvalue weighted by Gasteiger charge is -2.35. The second-order valence-electron chi connectivity index (χ2n) is 19.1. The SMILES string of the molecule is CC/C(=C(\c1ccc(O)cc1)c1ccc(OCCN(C)C(=O)COCCOCCOCCS[C@@H]2C[C@@H](c3nc(C(=O)c4ccc(F)cc4)cs3)N(C(=O)[C@@H](NC(=O)[C@H](C)NC)C3CCCCC3)C2)cc1)c1ccccc1. The minimum atomic E-state index is -0.676. The number of aromatic nitrogens is 1. The van der Waals surface area contributed by atoms with Crippen LogP contribution in [0.5, 0.6) is 11.5 Å². The number of likely N-dealkylation sites (N-methyl/N-ethyl adjacent to an activating group) is 2. The molecule has 3 N–H and O–H groups in total. The molecule has 14 nitrogen and oxygen atoms in total. The zero-order chi connectivity index (χ0) is 53.8. The summed E-state index contributed by atoms with van der Waals surface area (Å²) in [5, 5.41) is 18.5. The molecule has 0 unspecified atom stereocenters. The molecule has 2 heterocycles. The molecular formula is C59H72FN5O9S2. The number of likely N-dealkylation sites (tertiary alicyclic amines) is 1. The monoisotopic (exact) mass is 1080 g/mol. The molecule has 76 heavy (non-hydrogen) atoms. The van der Waals surface area contributed by atoms with Gasteiger partial charge in [-0.2, -0.15) is 11.8 Å². The van der Waals surface area contributed by atoms with Crippen molar-refractivity contribution in [1.82, 2.24) is 25.4 Å². The number of amides is 3. The van der Waals surface area contributed by atoms with Crippen molar-refractivity contribution >= 4 is 57.7 Å². The Labute approximate surface area is 454 Å². The molecule has 0 radical (unpaired) electrons. The maximum absolute atomic E-state index is 14.7. The number of halogens is 1. The second kappa shape index (κ2) is 29.5. The second-order valence-corrected chi connectivity index (χ2v) is 21.4. The van der Waals surface area contributed by atoms with Crippen LogP contribution in [-0.4, -0.2) is 140 Å². The summed E-state index contributed by atoms with van der Waals surface area (Å²) >= 11 is 3.05. The zero-order valence-corrected chi connectivity index (χ0v) is 45.7. The highest BCUT2D eigenvalue weighted by molar-refractivity contribution is 7.99. The van der Waals surface area contributed by atoms with Crippen LogP contribution in [0.25, 0.3) is 11.1 Å². The summed E-state index contributed by atoms with van der Waals surface area (Å²) in [6.07, 6.45) is 6.27. The molecule has 17 heteroatoms. The van der Waals surface area contributed by atoms with Crippen molar-refractivity contribution in [2.45, 2.75) is 82.2 Å². The smallest absolute Gasteiger partial charge is 0.248 e. The first-order valence-corrected chi connectivity index (χ1v) is 28.3. The van der Waals surface area contributed by atoms with E-state index in [1.165, 1.54) is 41.2 Å². The number of ketones is 1. The highest BCUT2D eigenvalue weighted by Crippen LogP contribution is 2.41. The van der Waals surface area contributed by atoms with Crippen molar-refractivity contribution < 1.29 is 47.6 Å². The largest absolute Gasteiger partial charge is 0.508 e. The number of allylic oxidation sites excluding steroid dienone is 1. The summed E-state index contributed by atoms with van der Waals surface area (Å²) < 4.78 is 36.9. The summed E-state index contributed by atoms with van der Waals surface area (Å²) in [6, 6.07) is 29.4. The van der Waals surface area contributed by atoms with Crippen LogP contribution in [0.3, 0.4) is 0 Å². The summed E-state index contributed by atoms with van der Waals surface area (Å²) in [4.78, 5) is 62.3. The van der Waals surface area contributed by atoms with Crippen LogP contribution in [0.15, 0.2) is 109 Å². The number of hydrogen-bond acceptors (Lipinski definition) is 13. The van der Waals surface area contributed by atoms with Gasteiger partial charge in [0.15, 0.2) is 0 Å². The molecule has 2 fully saturated rings. The van der Waals surface area contributed by atoms with Crippen molar-refractivity contribution in [2.24, 2.45) is 5.92 Å². The third kappa shape index (κ3) is 16.3. The Morgan fingerprint density at radius 2 is 1.47 bits per heavy atom. The van der Waals surface area contributed by atoms with Crippen LogP contribution in [0.1, 0.15) is 103 Å². The molecule has 1 saturated heterocycles. The van der Waals surface area contributed by atoms with E-state index in [1.54, 1.807) is 55.2 Å². The molecule has 406 valence electrons. The van der Waals surface area contributed by atoms with Crippen LogP contribution < -0.4 is 15.4 Å². The van der Waals surface area contributed by atoms with Gasteiger partial charge in [-0.05, 0) is 122 Å². The number of nitrogens with zero attached hydrogens (tertiary/aromatic N) is 3. The third-order valence-corrected chi connectivity index (χ3v) is 16.1. The Hall–Kier alpha value is -5.95. The van der Waals surface area contributed by atoms with Crippen molar-refractivity contribution in [2.75, 3.05) is 79.2 Å². The molecule has 5 aromatic rings. The number of nitrogens with one attached hydrogen (secondary N) is 2. The molecular weight excluding hydrogens is 1010 g/mol. The van der Waals surface area contributed by atoms with E-state index >= 15 is 0 Å². The number of hydrogen-bond donors (Lipinski definition) is 3. The Bertz CT molecular complexity index is 2670. The molecule has 0 spiro atoms. The van der Waals surface area contributed by atoms with Gasteiger partial charge < -0.3 is 44.5 Å². The number of thiazole rings is 1. The number of phenolic OH excluding ortho intramolecular Hbond substituents is 1. The lowest BCUT2D eigenvalue weighted by atomic mass is 9.83. The molecule has 7 rings (SSSR count). The molecule has 4 aromatic carbocycles. The lowest BCUT2D eigenvalue weighted by Crippen LogP contribution is -2.55. The average Bonchev–Trinajstić information content (AvgIpc) is 4.12. The summed E-state index contributed by atoms with van der Waals surface area (Å²) in [5.74, 6) is 0.343. The molecule has 1 aromatic heterocycles. The summed E-state index contributed by atoms with van der Waals surface area (Å²) in [6.45, 7) is 6.75. The standard InChI is InChI=1S/C59H72FN5O9S2/c1-5-50(41-12-8-6-9-13-41)54(42-18-24-47(66)25-19-42)43-20-26-48(27-21-43)74-29-28-64(4)53(67)38-73-33-32-71-30-31-72-34-35-75-49-36-52(58-62-51(39-76-58)56(68)45-16-22-46(60)23-17-45)65(37-49)59(70)55(44-14-10-7-11-15-44)63-57(69)40(2)61-3/h6,8-9,12-13,16-27,39-40,44,49,52,55,61,66H,5,7,10-11,14-15,28-38H2,1-4H3,(H,63,69)/b54-50-/t40-,49+,52-,55-/m0/s1. The van der Waals surface area contributed by atoms with E-state index in [4.69, 9.17) is 23.9 Å². The maximum atomic E-state index is 14.7. The average molecular weight is 1080 g/mol. The highest BCUT2D eigenvalue weighted by atomic mass is 32.2. The number of carbonyl (C=O) groups excluding carboxylic acids is 4. The predicted molar refractivity (Wildman–Crippen MR) is 297 cm³/mol. The van der Waals surface area contributed by atoms with Gasteiger partial charge in [0.05, 0.1) is 51.7 Å². The fourth-order valence-electron chi connectivity index (χ4n) is 9.56. The van der Waals surface area contributed by atoms with E-state index in [2.05, 4.69) is 29.7 Å². The van der Waals surface area contributed by atoms with Gasteiger partial charge in [0.25, 0.3) is 0 Å². The number of rotatable bonds is 28. The minimum Gasteiger partial charge on any atom is -0.508 e. The summed E-state index contributed by atoms with van der Waals surface area (Å²) in [7, 11) is 3.44. The van der Waals surface area contributed by atoms with Crippen molar-refractivity contribution in [3.05, 3.63) is 147 Å². The van der Waals surface area contributed by atoms with Crippen molar-refractivity contribution in [3.63, 3.8) is 0 Å². The molecule has 1 aliphatic heterocycles. The molecule has 1 aliphatic carbocycles. The van der Waals surface area contributed by atoms with Gasteiger partial charge in [-0.25, -0.2) is 9.37 Å². The minimum absolute atomic E-state index is 0.0195. The van der Waals surface area contributed by atoms with Crippen LogP contribution in [-0.2, 0) is 28.6 Å². The Morgan fingerprint density at radius 3 is 2.14 bits per heavy atom. The number of thioether (sulfide) groups is 1. The van der Waals surface area contributed by atoms with E-state index in [0.717, 1.165) is 60.8 Å². The van der Waals surface area contributed by atoms with Gasteiger partial charge in [-0.1, -0.05) is 80.8 Å². The van der Waals surface area contributed by atoms with Crippen LogP contribution in [0, 0.1) is 11.7 Å². The number of aromatic hydroxyl groups is 1. The van der Waals surface area contributed by atoms with Gasteiger partial charge in [-0.15, -0.1) is 11.3 Å². The van der Waals surface area contributed by atoms with E-state index in [0.29, 0.717) is 74.6 Å². The fourth-order valence-corrected chi connectivity index (χ4v) is 11.6. The maximum Gasteiger partial charge on any atom is 0.248 e. The van der Waals surface area contributed by atoms with Crippen LogP contribution in [0.2, 0.25) is 0 Å². The van der Waals surface area contributed by atoms with Gasteiger partial charge in [0.1, 0.15) is 47.3 Å². The van der Waals surface area contributed by atoms with Crippen molar-refractivity contribution in [1.29, 1.82) is 0 Å².